The summed E-state index contributed by atoms with van der Waals surface area (Å²) in [6.07, 6.45) is 4.48. The van der Waals surface area contributed by atoms with Gasteiger partial charge in [0.15, 0.2) is 0 Å². The summed E-state index contributed by atoms with van der Waals surface area (Å²) in [5.41, 5.74) is 0.970. The average molecular weight is 323 g/mol. The molecule has 0 saturated heterocycles. The van der Waals surface area contributed by atoms with E-state index in [2.05, 4.69) is 49.2 Å². The van der Waals surface area contributed by atoms with Crippen LogP contribution in [0.15, 0.2) is 23.1 Å². The zero-order valence-electron chi connectivity index (χ0n) is 9.77. The van der Waals surface area contributed by atoms with Gasteiger partial charge in [0.2, 0.25) is 0 Å². The summed E-state index contributed by atoms with van der Waals surface area (Å²) in [6.45, 7) is 3.05. The molecule has 3 aromatic heterocycles. The van der Waals surface area contributed by atoms with E-state index < -0.39 is 0 Å². The molecule has 0 spiro atoms. The minimum absolute atomic E-state index is 0.904. The normalized spacial score (nSPS) is 11.2. The first kappa shape index (κ1) is 11.8. The number of thiophene rings is 1. The van der Waals surface area contributed by atoms with Gasteiger partial charge in [0.05, 0.1) is 10.2 Å². The number of nitrogens with one attached hydrogen (secondary N) is 1. The molecule has 0 fully saturated rings. The Hall–Kier alpha value is -1.27. The number of hydrogen-bond acceptors (Lipinski definition) is 5. The fourth-order valence-electron chi connectivity index (χ4n) is 1.81. The van der Waals surface area contributed by atoms with Gasteiger partial charge in [-0.15, -0.1) is 11.3 Å². The smallest absolute Gasteiger partial charge is 0.147 e. The van der Waals surface area contributed by atoms with Crippen molar-refractivity contribution in [1.82, 2.24) is 15.0 Å². The second-order valence-electron chi connectivity index (χ2n) is 3.94. The molecule has 18 heavy (non-hydrogen) atoms. The molecule has 0 aromatic carbocycles. The maximum Gasteiger partial charge on any atom is 0.147 e. The first-order valence-electron chi connectivity index (χ1n) is 5.72. The Bertz CT molecular complexity index is 710. The van der Waals surface area contributed by atoms with Crippen molar-refractivity contribution in [2.45, 2.75) is 13.3 Å². The summed E-state index contributed by atoms with van der Waals surface area (Å²) >= 11 is 5.07. The van der Waals surface area contributed by atoms with Crippen LogP contribution in [0.1, 0.15) is 13.3 Å². The van der Waals surface area contributed by atoms with Crippen LogP contribution in [0.3, 0.4) is 0 Å². The molecule has 1 N–H and O–H groups in total. The Morgan fingerprint density at radius 2 is 2.22 bits per heavy atom. The standard InChI is InChI=1S/C12H11BrN4S/c1-2-3-14-11-10-9(16-6-17-11)8-4-7(13)5-15-12(8)18-10/h4-6H,2-3H2,1H3,(H,14,16,17). The van der Waals surface area contributed by atoms with E-state index in [9.17, 15) is 0 Å². The number of anilines is 1. The van der Waals surface area contributed by atoms with E-state index in [0.29, 0.717) is 0 Å². The number of pyridine rings is 1. The van der Waals surface area contributed by atoms with Gasteiger partial charge in [-0.1, -0.05) is 6.92 Å². The average Bonchev–Trinajstić information content (AvgIpc) is 2.75. The molecule has 3 aromatic rings. The fraction of sp³-hybridized carbons (Fsp3) is 0.250. The third-order valence-corrected chi connectivity index (χ3v) is 4.16. The summed E-state index contributed by atoms with van der Waals surface area (Å²) < 4.78 is 2.04. The van der Waals surface area contributed by atoms with Crippen LogP contribution >= 0.6 is 27.3 Å². The van der Waals surface area contributed by atoms with Crippen LogP contribution in [0.2, 0.25) is 0 Å². The molecule has 92 valence electrons. The highest BCUT2D eigenvalue weighted by atomic mass is 79.9. The van der Waals surface area contributed by atoms with E-state index in [1.54, 1.807) is 17.7 Å². The van der Waals surface area contributed by atoms with Crippen LogP contribution in [-0.2, 0) is 0 Å². The minimum Gasteiger partial charge on any atom is -0.369 e. The van der Waals surface area contributed by atoms with Crippen molar-refractivity contribution in [2.24, 2.45) is 0 Å². The van der Waals surface area contributed by atoms with Gasteiger partial charge in [0, 0.05) is 22.6 Å². The van der Waals surface area contributed by atoms with Crippen LogP contribution in [0.25, 0.3) is 20.4 Å². The molecule has 3 rings (SSSR count). The van der Waals surface area contributed by atoms with Crippen molar-refractivity contribution in [3.63, 3.8) is 0 Å². The molecule has 0 amide bonds. The number of aromatic nitrogens is 3. The first-order valence-corrected chi connectivity index (χ1v) is 7.33. The lowest BCUT2D eigenvalue weighted by Crippen LogP contribution is -2.01. The van der Waals surface area contributed by atoms with E-state index in [1.807, 2.05) is 6.20 Å². The predicted molar refractivity (Wildman–Crippen MR) is 79.2 cm³/mol. The first-order chi connectivity index (χ1) is 8.79. The quantitative estimate of drug-likeness (QED) is 0.796. The molecule has 0 aliphatic rings. The van der Waals surface area contributed by atoms with Crippen LogP contribution in [-0.4, -0.2) is 21.5 Å². The maximum absolute atomic E-state index is 4.42. The minimum atomic E-state index is 0.904. The molecule has 0 bridgehead atoms. The topological polar surface area (TPSA) is 50.7 Å². The molecule has 0 unspecified atom stereocenters. The number of nitrogens with zero attached hydrogens (tertiary/aromatic N) is 3. The Balaban J connectivity index is 2.25. The van der Waals surface area contributed by atoms with E-state index >= 15 is 0 Å². The maximum atomic E-state index is 4.42. The molecular weight excluding hydrogens is 312 g/mol. The van der Waals surface area contributed by atoms with Crippen LogP contribution in [0, 0.1) is 0 Å². The molecule has 0 radical (unpaired) electrons. The molecule has 0 aliphatic carbocycles. The largest absolute Gasteiger partial charge is 0.369 e. The number of halogens is 1. The number of hydrogen-bond donors (Lipinski definition) is 1. The Labute approximate surface area is 117 Å². The third-order valence-electron chi connectivity index (χ3n) is 2.62. The van der Waals surface area contributed by atoms with Gasteiger partial charge in [-0.3, -0.25) is 0 Å². The number of fused-ring (bicyclic) bond motifs is 3. The van der Waals surface area contributed by atoms with E-state index in [0.717, 1.165) is 43.7 Å². The second kappa shape index (κ2) is 4.78. The highest BCUT2D eigenvalue weighted by molar-refractivity contribution is 9.10. The molecule has 4 nitrogen and oxygen atoms in total. The predicted octanol–water partition coefficient (Wildman–Crippen LogP) is 3.82. The zero-order valence-corrected chi connectivity index (χ0v) is 12.2. The summed E-state index contributed by atoms with van der Waals surface area (Å²) in [5.74, 6) is 0.904. The third kappa shape index (κ3) is 1.95. The van der Waals surface area contributed by atoms with Crippen molar-refractivity contribution in [1.29, 1.82) is 0 Å². The molecule has 0 aliphatic heterocycles. The van der Waals surface area contributed by atoms with E-state index in [-0.39, 0.29) is 0 Å². The highest BCUT2D eigenvalue weighted by Gasteiger charge is 2.11. The van der Waals surface area contributed by atoms with Crippen molar-refractivity contribution in [3.8, 4) is 0 Å². The van der Waals surface area contributed by atoms with Gasteiger partial charge in [0.1, 0.15) is 17.0 Å². The number of rotatable bonds is 3. The van der Waals surface area contributed by atoms with Gasteiger partial charge in [-0.25, -0.2) is 15.0 Å². The SMILES string of the molecule is CCCNc1ncnc2c1sc1ncc(Br)cc12. The highest BCUT2D eigenvalue weighted by Crippen LogP contribution is 2.35. The molecule has 0 saturated carbocycles. The van der Waals surface area contributed by atoms with Crippen LogP contribution in [0.5, 0.6) is 0 Å². The molecule has 6 heteroatoms. The van der Waals surface area contributed by atoms with Crippen molar-refractivity contribution < 1.29 is 0 Å². The van der Waals surface area contributed by atoms with Crippen molar-refractivity contribution in [3.05, 3.63) is 23.1 Å². The second-order valence-corrected chi connectivity index (χ2v) is 5.85. The summed E-state index contributed by atoms with van der Waals surface area (Å²) in [6, 6.07) is 2.05. The lowest BCUT2D eigenvalue weighted by Gasteiger charge is -2.03. The summed E-state index contributed by atoms with van der Waals surface area (Å²) in [7, 11) is 0. The van der Waals surface area contributed by atoms with Gasteiger partial charge in [-0.2, -0.15) is 0 Å². The molecule has 0 atom stereocenters. The fourth-order valence-corrected chi connectivity index (χ4v) is 3.18. The Morgan fingerprint density at radius 3 is 3.06 bits per heavy atom. The van der Waals surface area contributed by atoms with Gasteiger partial charge in [0.25, 0.3) is 0 Å². The molecule has 3 heterocycles. The van der Waals surface area contributed by atoms with Gasteiger partial charge >= 0.3 is 0 Å². The van der Waals surface area contributed by atoms with E-state index in [4.69, 9.17) is 0 Å². The van der Waals surface area contributed by atoms with Crippen LogP contribution < -0.4 is 5.32 Å². The van der Waals surface area contributed by atoms with Crippen molar-refractivity contribution in [2.75, 3.05) is 11.9 Å². The monoisotopic (exact) mass is 322 g/mol. The summed E-state index contributed by atoms with van der Waals surface area (Å²) in [5, 5.41) is 4.41. The van der Waals surface area contributed by atoms with Gasteiger partial charge < -0.3 is 5.32 Å². The van der Waals surface area contributed by atoms with Crippen molar-refractivity contribution >= 4 is 53.5 Å². The molecular formula is C12H11BrN4S. The Kier molecular flexibility index (Phi) is 3.13. The van der Waals surface area contributed by atoms with E-state index in [1.165, 1.54) is 0 Å². The van der Waals surface area contributed by atoms with Gasteiger partial charge in [-0.05, 0) is 28.4 Å². The Morgan fingerprint density at radius 1 is 1.33 bits per heavy atom. The lowest BCUT2D eigenvalue weighted by molar-refractivity contribution is 0.970. The zero-order chi connectivity index (χ0) is 12.5. The summed E-state index contributed by atoms with van der Waals surface area (Å²) in [4.78, 5) is 14.1. The lowest BCUT2D eigenvalue weighted by atomic mass is 10.3. The van der Waals surface area contributed by atoms with Crippen LogP contribution in [0.4, 0.5) is 5.82 Å².